The molecule has 3 aromatic carbocycles. The molecule has 1 saturated carbocycles. The lowest BCUT2D eigenvalue weighted by Crippen LogP contribution is -2.25. The predicted octanol–water partition coefficient (Wildman–Crippen LogP) is 5.64. The molecule has 4 aromatic rings. The molecule has 0 atom stereocenters. The van der Waals surface area contributed by atoms with Crippen LogP contribution in [0.4, 0.5) is 0 Å². The first-order valence-corrected chi connectivity index (χ1v) is 12.9. The normalized spacial score (nSPS) is 15.3. The fraction of sp³-hybridized carbons (Fsp3) is 0.300. The van der Waals surface area contributed by atoms with E-state index in [1.165, 1.54) is 11.1 Å². The van der Waals surface area contributed by atoms with Gasteiger partial charge in [-0.15, -0.1) is 0 Å². The van der Waals surface area contributed by atoms with Gasteiger partial charge in [0.05, 0.1) is 24.2 Å². The number of ether oxygens (including phenoxy) is 4. The molecule has 0 unspecified atom stereocenters. The van der Waals surface area contributed by atoms with Gasteiger partial charge in [-0.25, -0.2) is 4.98 Å². The maximum Gasteiger partial charge on any atom is 0.282 e. The van der Waals surface area contributed by atoms with Gasteiger partial charge in [0.1, 0.15) is 12.4 Å². The van der Waals surface area contributed by atoms with E-state index >= 15 is 0 Å². The van der Waals surface area contributed by atoms with Crippen LogP contribution >= 0.6 is 0 Å². The molecular weight excluding hydrogens is 482 g/mol. The van der Waals surface area contributed by atoms with E-state index in [1.54, 1.807) is 19.4 Å². The van der Waals surface area contributed by atoms with Gasteiger partial charge < -0.3 is 18.9 Å². The summed E-state index contributed by atoms with van der Waals surface area (Å²) in [6.45, 7) is 0.587. The minimum Gasteiger partial charge on any atom is -0.493 e. The summed E-state index contributed by atoms with van der Waals surface area (Å²) >= 11 is 0. The number of aromatic nitrogens is 2. The Morgan fingerprint density at radius 2 is 1.84 bits per heavy atom. The fourth-order valence-electron chi connectivity index (χ4n) is 5.08. The zero-order chi connectivity index (χ0) is 25.9. The van der Waals surface area contributed by atoms with Crippen molar-refractivity contribution in [2.45, 2.75) is 44.6 Å². The number of nitrogens with zero attached hydrogens (tertiary/aromatic N) is 3. The van der Waals surface area contributed by atoms with Crippen LogP contribution in [0.5, 0.6) is 23.0 Å². The third kappa shape index (κ3) is 4.81. The first kappa shape index (κ1) is 24.0. The highest BCUT2D eigenvalue weighted by Gasteiger charge is 2.22. The molecule has 0 radical (unpaired) electrons. The number of hydrogen-bond acceptors (Lipinski definition) is 7. The van der Waals surface area contributed by atoms with Gasteiger partial charge in [-0.05, 0) is 66.4 Å². The van der Waals surface area contributed by atoms with E-state index in [2.05, 4.69) is 5.10 Å². The molecule has 1 aromatic heterocycles. The summed E-state index contributed by atoms with van der Waals surface area (Å²) in [5.74, 6) is 3.60. The second-order valence-corrected chi connectivity index (χ2v) is 9.57. The van der Waals surface area contributed by atoms with E-state index in [0.29, 0.717) is 23.5 Å². The van der Waals surface area contributed by atoms with Gasteiger partial charge in [0.2, 0.25) is 6.79 Å². The summed E-state index contributed by atoms with van der Waals surface area (Å²) in [7, 11) is 1.60. The molecule has 2 aliphatic rings. The quantitative estimate of drug-likeness (QED) is 0.299. The molecule has 0 spiro atoms. The third-order valence-electron chi connectivity index (χ3n) is 7.09. The molecule has 0 bridgehead atoms. The van der Waals surface area contributed by atoms with E-state index in [9.17, 15) is 4.79 Å². The molecule has 0 amide bonds. The monoisotopic (exact) mass is 511 g/mol. The summed E-state index contributed by atoms with van der Waals surface area (Å²) in [4.78, 5) is 18.3. The molecule has 1 fully saturated rings. The van der Waals surface area contributed by atoms with Crippen LogP contribution < -0.4 is 24.5 Å². The zero-order valence-electron chi connectivity index (χ0n) is 21.3. The van der Waals surface area contributed by atoms with Crippen molar-refractivity contribution in [1.82, 2.24) is 9.66 Å². The minimum atomic E-state index is -0.150. The molecule has 38 heavy (non-hydrogen) atoms. The second-order valence-electron chi connectivity index (χ2n) is 9.57. The Hall–Kier alpha value is -4.33. The van der Waals surface area contributed by atoms with Crippen LogP contribution in [0, 0.1) is 0 Å². The minimum absolute atomic E-state index is 0.150. The maximum absolute atomic E-state index is 13.4. The lowest BCUT2D eigenvalue weighted by Gasteiger charge is -2.22. The number of para-hydroxylation sites is 1. The second kappa shape index (κ2) is 10.6. The average molecular weight is 512 g/mol. The Labute approximate surface area is 220 Å². The van der Waals surface area contributed by atoms with Crippen molar-refractivity contribution in [3.63, 3.8) is 0 Å². The molecule has 194 valence electrons. The van der Waals surface area contributed by atoms with Crippen LogP contribution in [0.1, 0.15) is 55.0 Å². The topological polar surface area (TPSA) is 84.2 Å². The van der Waals surface area contributed by atoms with Crippen molar-refractivity contribution in [2.24, 2.45) is 5.10 Å². The Morgan fingerprint density at radius 1 is 1.00 bits per heavy atom. The lowest BCUT2D eigenvalue weighted by molar-refractivity contribution is 0.174. The van der Waals surface area contributed by atoms with Crippen LogP contribution in [0.3, 0.4) is 0 Å². The summed E-state index contributed by atoms with van der Waals surface area (Å²) in [6, 6.07) is 18.8. The predicted molar refractivity (Wildman–Crippen MR) is 145 cm³/mol. The molecule has 1 aliphatic heterocycles. The average Bonchev–Trinajstić information content (AvgIpc) is 3.44. The first-order chi connectivity index (χ1) is 18.7. The summed E-state index contributed by atoms with van der Waals surface area (Å²) < 4.78 is 23.9. The highest BCUT2D eigenvalue weighted by Crippen LogP contribution is 2.34. The van der Waals surface area contributed by atoms with E-state index < -0.39 is 0 Å². The van der Waals surface area contributed by atoms with Crippen molar-refractivity contribution in [3.8, 4) is 23.0 Å². The molecule has 0 N–H and O–H groups in total. The SMILES string of the molecule is COc1cc(C=Nn2c(C3CCCCC3)nc3ccccc3c2=O)ccc1OCc1ccc2c(c1)OCO2. The Bertz CT molecular complexity index is 1560. The van der Waals surface area contributed by atoms with Gasteiger partial charge in [0, 0.05) is 5.92 Å². The van der Waals surface area contributed by atoms with Crippen LogP contribution in [-0.2, 0) is 6.61 Å². The largest absolute Gasteiger partial charge is 0.493 e. The number of hydrogen-bond donors (Lipinski definition) is 0. The van der Waals surface area contributed by atoms with E-state index in [4.69, 9.17) is 23.9 Å². The maximum atomic E-state index is 13.4. The Kier molecular flexibility index (Phi) is 6.69. The van der Waals surface area contributed by atoms with Crippen LogP contribution in [0.15, 0.2) is 70.6 Å². The van der Waals surface area contributed by atoms with Gasteiger partial charge in [-0.1, -0.05) is 37.5 Å². The number of methoxy groups -OCH3 is 1. The molecule has 8 nitrogen and oxygen atoms in total. The van der Waals surface area contributed by atoms with Gasteiger partial charge in [-0.2, -0.15) is 9.78 Å². The van der Waals surface area contributed by atoms with Crippen molar-refractivity contribution < 1.29 is 18.9 Å². The molecular formula is C30H29N3O5. The zero-order valence-corrected chi connectivity index (χ0v) is 21.3. The third-order valence-corrected chi connectivity index (χ3v) is 7.09. The summed E-state index contributed by atoms with van der Waals surface area (Å²) in [5.41, 5.74) is 2.31. The van der Waals surface area contributed by atoms with Gasteiger partial charge in [0.15, 0.2) is 23.0 Å². The van der Waals surface area contributed by atoms with Crippen LogP contribution in [0.25, 0.3) is 10.9 Å². The van der Waals surface area contributed by atoms with Gasteiger partial charge in [-0.3, -0.25) is 4.79 Å². The van der Waals surface area contributed by atoms with E-state index in [0.717, 1.165) is 59.7 Å². The molecule has 2 heterocycles. The number of benzene rings is 3. The molecule has 0 saturated heterocycles. The summed E-state index contributed by atoms with van der Waals surface area (Å²) in [6.07, 6.45) is 7.21. The highest BCUT2D eigenvalue weighted by molar-refractivity contribution is 5.81. The highest BCUT2D eigenvalue weighted by atomic mass is 16.7. The smallest absolute Gasteiger partial charge is 0.282 e. The molecule has 1 aliphatic carbocycles. The Balaban J connectivity index is 1.26. The van der Waals surface area contributed by atoms with E-state index in [1.807, 2.05) is 54.6 Å². The molecule has 6 rings (SSSR count). The number of rotatable bonds is 7. The Morgan fingerprint density at radius 3 is 2.71 bits per heavy atom. The number of fused-ring (bicyclic) bond motifs is 2. The van der Waals surface area contributed by atoms with E-state index in [-0.39, 0.29) is 18.3 Å². The van der Waals surface area contributed by atoms with Crippen molar-refractivity contribution in [2.75, 3.05) is 13.9 Å². The van der Waals surface area contributed by atoms with Gasteiger partial charge in [0.25, 0.3) is 5.56 Å². The summed E-state index contributed by atoms with van der Waals surface area (Å²) in [5, 5.41) is 5.19. The fourth-order valence-corrected chi connectivity index (χ4v) is 5.08. The molecule has 8 heteroatoms. The van der Waals surface area contributed by atoms with Crippen molar-refractivity contribution >= 4 is 17.1 Å². The lowest BCUT2D eigenvalue weighted by atomic mass is 9.88. The van der Waals surface area contributed by atoms with Gasteiger partial charge >= 0.3 is 0 Å². The van der Waals surface area contributed by atoms with Crippen LogP contribution in [-0.4, -0.2) is 29.8 Å². The standard InChI is InChI=1S/C30H29N3O5/c1-35-27-15-20(11-13-25(27)36-18-21-12-14-26-28(16-21)38-19-37-26)17-31-33-29(22-7-3-2-4-8-22)32-24-10-6-5-9-23(24)30(33)34/h5-6,9-17,22H,2-4,7-8,18-19H2,1H3. The van der Waals surface area contributed by atoms with Crippen molar-refractivity contribution in [3.05, 3.63) is 88.0 Å². The van der Waals surface area contributed by atoms with Crippen LogP contribution in [0.2, 0.25) is 0 Å². The van der Waals surface area contributed by atoms with Crippen molar-refractivity contribution in [1.29, 1.82) is 0 Å². The first-order valence-electron chi connectivity index (χ1n) is 12.9.